The number of nitrogens with zero attached hydrogens (tertiary/aromatic N) is 4. The van der Waals surface area contributed by atoms with Crippen LogP contribution < -0.4 is 0 Å². The van der Waals surface area contributed by atoms with Gasteiger partial charge in [-0.25, -0.2) is 9.97 Å². The number of hydrogen-bond acceptors (Lipinski definition) is 5. The van der Waals surface area contributed by atoms with Crippen molar-refractivity contribution < 1.29 is 4.74 Å². The molecule has 0 amide bonds. The normalized spacial score (nSPS) is 14.1. The maximum atomic E-state index is 8.88. The third-order valence-corrected chi connectivity index (χ3v) is 5.68. The lowest BCUT2D eigenvalue weighted by atomic mass is 10.0. The zero-order valence-electron chi connectivity index (χ0n) is 17.6. The Morgan fingerprint density at radius 3 is 2.34 bits per heavy atom. The number of hydrogen-bond donors (Lipinski definition) is 1. The van der Waals surface area contributed by atoms with Gasteiger partial charge in [-0.1, -0.05) is 48.5 Å². The standard InChI is InChI=1S/C25H23N5O.ClH/c26-11-9-18-1-5-20(6-2-18)22-10-12-27-25-23(22)28-24(29-25)21-7-3-19(4-8-21)17-30-13-15-31-16-14-30;/h1-8,10,12H,9,13-17H2,(H,27,28,29);1H. The molecule has 32 heavy (non-hydrogen) atoms. The number of nitriles is 1. The summed E-state index contributed by atoms with van der Waals surface area (Å²) < 4.78 is 5.43. The van der Waals surface area contributed by atoms with Crippen LogP contribution in [0.25, 0.3) is 33.7 Å². The van der Waals surface area contributed by atoms with Crippen LogP contribution in [0.3, 0.4) is 0 Å². The number of ether oxygens (including phenoxy) is 1. The van der Waals surface area contributed by atoms with Crippen LogP contribution in [0.1, 0.15) is 11.1 Å². The summed E-state index contributed by atoms with van der Waals surface area (Å²) in [6, 6.07) is 20.8. The molecule has 1 saturated heterocycles. The van der Waals surface area contributed by atoms with E-state index in [0.29, 0.717) is 12.1 Å². The highest BCUT2D eigenvalue weighted by Crippen LogP contribution is 2.29. The summed E-state index contributed by atoms with van der Waals surface area (Å²) in [6.45, 7) is 4.53. The molecular formula is C25H24ClN5O. The Morgan fingerprint density at radius 2 is 1.62 bits per heavy atom. The van der Waals surface area contributed by atoms with Gasteiger partial charge in [-0.2, -0.15) is 5.26 Å². The van der Waals surface area contributed by atoms with E-state index >= 15 is 0 Å². The number of aromatic nitrogens is 3. The molecule has 4 aromatic rings. The first kappa shape index (κ1) is 22.0. The van der Waals surface area contributed by atoms with Crippen LogP contribution >= 0.6 is 12.4 Å². The number of halogens is 1. The van der Waals surface area contributed by atoms with Crippen molar-refractivity contribution in [1.29, 1.82) is 5.26 Å². The molecule has 2 aromatic heterocycles. The van der Waals surface area contributed by atoms with Crippen LogP contribution in [0.4, 0.5) is 0 Å². The van der Waals surface area contributed by atoms with Gasteiger partial charge in [0.15, 0.2) is 5.65 Å². The van der Waals surface area contributed by atoms with E-state index in [-0.39, 0.29) is 12.4 Å². The van der Waals surface area contributed by atoms with Crippen molar-refractivity contribution in [3.63, 3.8) is 0 Å². The van der Waals surface area contributed by atoms with E-state index in [2.05, 4.69) is 45.2 Å². The second kappa shape index (κ2) is 9.92. The Bertz CT molecular complexity index is 1220. The molecule has 3 heterocycles. The monoisotopic (exact) mass is 445 g/mol. The molecule has 0 atom stereocenters. The summed E-state index contributed by atoms with van der Waals surface area (Å²) in [5.41, 5.74) is 7.09. The largest absolute Gasteiger partial charge is 0.379 e. The molecule has 0 bridgehead atoms. The highest BCUT2D eigenvalue weighted by atomic mass is 35.5. The number of imidazole rings is 1. The SMILES string of the molecule is Cl.N#CCc1ccc(-c2ccnc3nc(-c4ccc(CN5CCOCC5)cc4)[nH]c23)cc1. The second-order valence-corrected chi connectivity index (χ2v) is 7.76. The number of morpholine rings is 1. The third-order valence-electron chi connectivity index (χ3n) is 5.68. The van der Waals surface area contributed by atoms with Gasteiger partial charge in [0.2, 0.25) is 0 Å². The van der Waals surface area contributed by atoms with Crippen LogP contribution in [0.2, 0.25) is 0 Å². The Kier molecular flexibility index (Phi) is 6.81. The predicted molar refractivity (Wildman–Crippen MR) is 127 cm³/mol. The summed E-state index contributed by atoms with van der Waals surface area (Å²) in [5, 5.41) is 8.88. The van der Waals surface area contributed by atoms with Crippen LogP contribution in [0.15, 0.2) is 60.8 Å². The zero-order chi connectivity index (χ0) is 21.0. The van der Waals surface area contributed by atoms with E-state index in [1.807, 2.05) is 30.3 Å². The molecule has 1 fully saturated rings. The van der Waals surface area contributed by atoms with Crippen molar-refractivity contribution in [2.24, 2.45) is 0 Å². The minimum atomic E-state index is 0. The number of fused-ring (bicyclic) bond motifs is 1. The zero-order valence-corrected chi connectivity index (χ0v) is 18.4. The van der Waals surface area contributed by atoms with Gasteiger partial charge in [0, 0.05) is 37.0 Å². The van der Waals surface area contributed by atoms with E-state index in [0.717, 1.165) is 66.4 Å². The Hall–Kier alpha value is -3.24. The summed E-state index contributed by atoms with van der Waals surface area (Å²) in [4.78, 5) is 15.1. The summed E-state index contributed by atoms with van der Waals surface area (Å²) in [7, 11) is 0. The molecule has 1 N–H and O–H groups in total. The molecule has 0 spiro atoms. The molecule has 1 aliphatic rings. The van der Waals surface area contributed by atoms with Crippen molar-refractivity contribution in [1.82, 2.24) is 19.9 Å². The lowest BCUT2D eigenvalue weighted by Gasteiger charge is -2.26. The lowest BCUT2D eigenvalue weighted by Crippen LogP contribution is -2.35. The van der Waals surface area contributed by atoms with E-state index < -0.39 is 0 Å². The molecular weight excluding hydrogens is 422 g/mol. The molecule has 0 radical (unpaired) electrons. The Balaban J connectivity index is 0.00000245. The molecule has 0 aliphatic carbocycles. The number of benzene rings is 2. The van der Waals surface area contributed by atoms with E-state index in [9.17, 15) is 0 Å². The molecule has 6 nitrogen and oxygen atoms in total. The smallest absolute Gasteiger partial charge is 0.178 e. The second-order valence-electron chi connectivity index (χ2n) is 7.76. The molecule has 1 aliphatic heterocycles. The van der Waals surface area contributed by atoms with E-state index in [1.54, 1.807) is 6.20 Å². The minimum Gasteiger partial charge on any atom is -0.379 e. The predicted octanol–water partition coefficient (Wildman–Crippen LogP) is 4.61. The summed E-state index contributed by atoms with van der Waals surface area (Å²) in [6.07, 6.45) is 2.21. The van der Waals surface area contributed by atoms with Crippen LogP contribution in [-0.4, -0.2) is 46.2 Å². The summed E-state index contributed by atoms with van der Waals surface area (Å²) in [5.74, 6) is 0.814. The number of nitrogens with one attached hydrogen (secondary N) is 1. The Morgan fingerprint density at radius 1 is 0.938 bits per heavy atom. The fourth-order valence-corrected chi connectivity index (χ4v) is 3.97. The van der Waals surface area contributed by atoms with Gasteiger partial charge >= 0.3 is 0 Å². The maximum absolute atomic E-state index is 8.88. The number of H-pyrrole nitrogens is 1. The highest BCUT2D eigenvalue weighted by molar-refractivity contribution is 5.91. The molecule has 2 aromatic carbocycles. The molecule has 0 unspecified atom stereocenters. The Labute approximate surface area is 193 Å². The van der Waals surface area contributed by atoms with Gasteiger partial charge in [0.25, 0.3) is 0 Å². The average Bonchev–Trinajstić information content (AvgIpc) is 3.26. The first-order valence-electron chi connectivity index (χ1n) is 10.5. The van der Waals surface area contributed by atoms with Gasteiger partial charge in [0.05, 0.1) is 31.2 Å². The van der Waals surface area contributed by atoms with Gasteiger partial charge in [-0.3, -0.25) is 4.90 Å². The van der Waals surface area contributed by atoms with Crippen molar-refractivity contribution >= 4 is 23.6 Å². The molecule has 5 rings (SSSR count). The van der Waals surface area contributed by atoms with Gasteiger partial charge < -0.3 is 9.72 Å². The van der Waals surface area contributed by atoms with Crippen LogP contribution in [-0.2, 0) is 17.7 Å². The molecule has 162 valence electrons. The van der Waals surface area contributed by atoms with Crippen molar-refractivity contribution in [3.05, 3.63) is 71.9 Å². The van der Waals surface area contributed by atoms with Crippen molar-refractivity contribution in [2.75, 3.05) is 26.3 Å². The highest BCUT2D eigenvalue weighted by Gasteiger charge is 2.13. The van der Waals surface area contributed by atoms with Crippen LogP contribution in [0, 0.1) is 11.3 Å². The first-order chi connectivity index (χ1) is 15.3. The minimum absolute atomic E-state index is 0. The summed E-state index contributed by atoms with van der Waals surface area (Å²) >= 11 is 0. The van der Waals surface area contributed by atoms with Crippen molar-refractivity contribution in [2.45, 2.75) is 13.0 Å². The van der Waals surface area contributed by atoms with Gasteiger partial charge in [-0.15, -0.1) is 12.4 Å². The van der Waals surface area contributed by atoms with Gasteiger partial charge in [-0.05, 0) is 22.8 Å². The number of pyridine rings is 1. The number of rotatable bonds is 5. The quantitative estimate of drug-likeness (QED) is 0.485. The molecule has 0 saturated carbocycles. The van der Waals surface area contributed by atoms with E-state index in [4.69, 9.17) is 15.0 Å². The fraction of sp³-hybridized carbons (Fsp3) is 0.240. The molecule has 7 heteroatoms. The van der Waals surface area contributed by atoms with Gasteiger partial charge in [0.1, 0.15) is 5.82 Å². The number of aromatic amines is 1. The average molecular weight is 446 g/mol. The van der Waals surface area contributed by atoms with E-state index in [1.165, 1.54) is 5.56 Å². The topological polar surface area (TPSA) is 77.8 Å². The van der Waals surface area contributed by atoms with Crippen LogP contribution in [0.5, 0.6) is 0 Å². The third kappa shape index (κ3) is 4.66. The fourth-order valence-electron chi connectivity index (χ4n) is 3.97. The first-order valence-corrected chi connectivity index (χ1v) is 10.5. The maximum Gasteiger partial charge on any atom is 0.178 e. The lowest BCUT2D eigenvalue weighted by molar-refractivity contribution is 0.0342. The van der Waals surface area contributed by atoms with Crippen molar-refractivity contribution in [3.8, 4) is 28.6 Å².